The molecule has 0 bridgehead atoms. The number of H-pyrrole nitrogens is 1. The van der Waals surface area contributed by atoms with E-state index in [1.807, 2.05) is 18.3 Å². The van der Waals surface area contributed by atoms with E-state index in [1.165, 1.54) is 16.7 Å². The number of benzene rings is 1. The molecule has 2 aromatic heterocycles. The molecule has 3 rings (SSSR count). The molecular formula is C16H15N5. The van der Waals surface area contributed by atoms with Crippen LogP contribution in [0.4, 0.5) is 0 Å². The average Bonchev–Trinajstić information content (AvgIpc) is 3.01. The molecule has 0 aliphatic carbocycles. The summed E-state index contributed by atoms with van der Waals surface area (Å²) in [6, 6.07) is 8.28. The molecule has 1 aromatic carbocycles. The summed E-state index contributed by atoms with van der Waals surface area (Å²) < 4.78 is 0. The van der Waals surface area contributed by atoms with Crippen molar-refractivity contribution in [3.63, 3.8) is 0 Å². The van der Waals surface area contributed by atoms with Gasteiger partial charge in [-0.15, -0.1) is 10.2 Å². The number of nitrogens with zero attached hydrogens (tertiary/aromatic N) is 4. The highest BCUT2D eigenvalue weighted by atomic mass is 15.5. The van der Waals surface area contributed by atoms with Crippen LogP contribution in [0.25, 0.3) is 23.5 Å². The first kappa shape index (κ1) is 13.2. The van der Waals surface area contributed by atoms with Crippen LogP contribution < -0.4 is 0 Å². The van der Waals surface area contributed by atoms with Crippen molar-refractivity contribution in [2.75, 3.05) is 0 Å². The van der Waals surface area contributed by atoms with Gasteiger partial charge < -0.3 is 0 Å². The maximum Gasteiger partial charge on any atom is 0.206 e. The fourth-order valence-electron chi connectivity index (χ4n) is 2.23. The Balaban J connectivity index is 1.92. The molecule has 0 aliphatic rings. The molecule has 5 nitrogen and oxygen atoms in total. The van der Waals surface area contributed by atoms with Gasteiger partial charge in [0.15, 0.2) is 0 Å². The van der Waals surface area contributed by atoms with Crippen molar-refractivity contribution < 1.29 is 0 Å². The number of rotatable bonds is 3. The second kappa shape index (κ2) is 5.66. The van der Waals surface area contributed by atoms with Gasteiger partial charge >= 0.3 is 0 Å². The second-order valence-electron chi connectivity index (χ2n) is 4.88. The van der Waals surface area contributed by atoms with Crippen molar-refractivity contribution in [3.8, 4) is 11.4 Å². The lowest BCUT2D eigenvalue weighted by Crippen LogP contribution is -1.86. The highest BCUT2D eigenvalue weighted by molar-refractivity contribution is 5.73. The van der Waals surface area contributed by atoms with Crippen LogP contribution in [0.1, 0.15) is 22.3 Å². The molecular weight excluding hydrogens is 262 g/mol. The predicted molar refractivity (Wildman–Crippen MR) is 82.3 cm³/mol. The highest BCUT2D eigenvalue weighted by Gasteiger charge is 2.03. The lowest BCUT2D eigenvalue weighted by atomic mass is 10.0. The van der Waals surface area contributed by atoms with Crippen molar-refractivity contribution in [2.45, 2.75) is 13.8 Å². The van der Waals surface area contributed by atoms with Crippen molar-refractivity contribution in [2.24, 2.45) is 0 Å². The summed E-state index contributed by atoms with van der Waals surface area (Å²) in [5.41, 5.74) is 5.59. The largest absolute Gasteiger partial charge is 0.263 e. The molecule has 0 unspecified atom stereocenters. The molecule has 0 atom stereocenters. The maximum absolute atomic E-state index is 4.22. The molecule has 2 heterocycles. The van der Waals surface area contributed by atoms with Crippen molar-refractivity contribution in [1.82, 2.24) is 25.6 Å². The van der Waals surface area contributed by atoms with Crippen LogP contribution in [0.15, 0.2) is 36.7 Å². The molecule has 104 valence electrons. The number of pyridine rings is 1. The van der Waals surface area contributed by atoms with Crippen molar-refractivity contribution in [3.05, 3.63) is 58.9 Å². The third-order valence-electron chi connectivity index (χ3n) is 3.35. The minimum atomic E-state index is 0.546. The van der Waals surface area contributed by atoms with Crippen LogP contribution in [0.3, 0.4) is 0 Å². The fraction of sp³-hybridized carbons (Fsp3) is 0.125. The highest BCUT2D eigenvalue weighted by Crippen LogP contribution is 2.18. The number of aryl methyl sites for hydroxylation is 2. The van der Waals surface area contributed by atoms with E-state index in [-0.39, 0.29) is 0 Å². The third kappa shape index (κ3) is 2.86. The van der Waals surface area contributed by atoms with Crippen LogP contribution in [-0.2, 0) is 0 Å². The van der Waals surface area contributed by atoms with E-state index in [2.05, 4.69) is 63.7 Å². The summed E-state index contributed by atoms with van der Waals surface area (Å²) in [5, 5.41) is 13.9. The maximum atomic E-state index is 4.22. The molecule has 0 amide bonds. The Morgan fingerprint density at radius 3 is 2.57 bits per heavy atom. The predicted octanol–water partition coefficient (Wildman–Crippen LogP) is 3.05. The average molecular weight is 277 g/mol. The first-order valence-electron chi connectivity index (χ1n) is 6.67. The Hall–Kier alpha value is -2.82. The van der Waals surface area contributed by atoms with Gasteiger partial charge in [-0.3, -0.25) is 4.98 Å². The second-order valence-corrected chi connectivity index (χ2v) is 4.88. The number of hydrogen-bond acceptors (Lipinski definition) is 4. The van der Waals surface area contributed by atoms with E-state index in [0.29, 0.717) is 5.82 Å². The van der Waals surface area contributed by atoms with E-state index >= 15 is 0 Å². The third-order valence-corrected chi connectivity index (χ3v) is 3.35. The number of aromatic amines is 1. The van der Waals surface area contributed by atoms with E-state index in [4.69, 9.17) is 0 Å². The van der Waals surface area contributed by atoms with Gasteiger partial charge in [-0.25, -0.2) is 0 Å². The molecule has 0 spiro atoms. The van der Waals surface area contributed by atoms with Crippen LogP contribution in [0, 0.1) is 13.8 Å². The van der Waals surface area contributed by atoms with Crippen LogP contribution >= 0.6 is 0 Å². The summed E-state index contributed by atoms with van der Waals surface area (Å²) in [6.45, 7) is 4.22. The zero-order valence-corrected chi connectivity index (χ0v) is 11.9. The molecule has 5 heteroatoms. The van der Waals surface area contributed by atoms with E-state index in [1.54, 1.807) is 6.20 Å². The molecule has 3 aromatic rings. The minimum absolute atomic E-state index is 0.546. The molecule has 0 saturated carbocycles. The summed E-state index contributed by atoms with van der Waals surface area (Å²) in [5.74, 6) is 0.546. The van der Waals surface area contributed by atoms with E-state index in [0.717, 1.165) is 11.1 Å². The Bertz CT molecular complexity index is 755. The van der Waals surface area contributed by atoms with Gasteiger partial charge in [-0.05, 0) is 47.4 Å². The summed E-state index contributed by atoms with van der Waals surface area (Å²) >= 11 is 0. The SMILES string of the molecule is Cc1cccc(C)c1/C=C/c1cncc(-c2nn[nH]n2)c1. The Kier molecular flexibility index (Phi) is 3.55. The minimum Gasteiger partial charge on any atom is -0.263 e. The Labute approximate surface area is 122 Å². The fourth-order valence-corrected chi connectivity index (χ4v) is 2.23. The quantitative estimate of drug-likeness (QED) is 0.799. The van der Waals surface area contributed by atoms with Crippen LogP contribution in [0.5, 0.6) is 0 Å². The summed E-state index contributed by atoms with van der Waals surface area (Å²) in [7, 11) is 0. The van der Waals surface area contributed by atoms with Crippen molar-refractivity contribution in [1.29, 1.82) is 0 Å². The first-order chi connectivity index (χ1) is 10.2. The zero-order chi connectivity index (χ0) is 14.7. The number of hydrogen-bond donors (Lipinski definition) is 1. The molecule has 1 N–H and O–H groups in total. The number of nitrogens with one attached hydrogen (secondary N) is 1. The first-order valence-corrected chi connectivity index (χ1v) is 6.67. The summed E-state index contributed by atoms with van der Waals surface area (Å²) in [4.78, 5) is 4.22. The smallest absolute Gasteiger partial charge is 0.206 e. The molecule has 0 saturated heterocycles. The lowest BCUT2D eigenvalue weighted by Gasteiger charge is -2.04. The van der Waals surface area contributed by atoms with Gasteiger partial charge in [-0.1, -0.05) is 30.4 Å². The monoisotopic (exact) mass is 277 g/mol. The Morgan fingerprint density at radius 2 is 1.86 bits per heavy atom. The van der Waals surface area contributed by atoms with Gasteiger partial charge in [0.05, 0.1) is 0 Å². The van der Waals surface area contributed by atoms with E-state index < -0.39 is 0 Å². The zero-order valence-electron chi connectivity index (χ0n) is 11.9. The lowest BCUT2D eigenvalue weighted by molar-refractivity contribution is 0.881. The van der Waals surface area contributed by atoms with Gasteiger partial charge in [-0.2, -0.15) is 5.21 Å². The molecule has 21 heavy (non-hydrogen) atoms. The normalized spacial score (nSPS) is 11.1. The Morgan fingerprint density at radius 1 is 1.05 bits per heavy atom. The van der Waals surface area contributed by atoms with Gasteiger partial charge in [0.1, 0.15) is 0 Å². The molecule has 0 aliphatic heterocycles. The van der Waals surface area contributed by atoms with Crippen LogP contribution in [0.2, 0.25) is 0 Å². The van der Waals surface area contributed by atoms with Gasteiger partial charge in [0.2, 0.25) is 5.82 Å². The standard InChI is InChI=1S/C16H15N5/c1-11-4-3-5-12(2)15(11)7-6-13-8-14(10-17-9-13)16-18-20-21-19-16/h3-10H,1-2H3,(H,18,19,20,21)/b7-6+. The number of aromatic nitrogens is 5. The number of tetrazole rings is 1. The van der Waals surface area contributed by atoms with Gasteiger partial charge in [0, 0.05) is 18.0 Å². The molecule has 0 radical (unpaired) electrons. The van der Waals surface area contributed by atoms with Crippen LogP contribution in [-0.4, -0.2) is 25.6 Å². The summed E-state index contributed by atoms with van der Waals surface area (Å²) in [6.07, 6.45) is 7.70. The van der Waals surface area contributed by atoms with Crippen molar-refractivity contribution >= 4 is 12.2 Å². The molecule has 0 fully saturated rings. The van der Waals surface area contributed by atoms with Gasteiger partial charge in [0.25, 0.3) is 0 Å². The topological polar surface area (TPSA) is 67.3 Å². The van der Waals surface area contributed by atoms with E-state index in [9.17, 15) is 0 Å².